The number of hydrogen-bond donors (Lipinski definition) is 2. The van der Waals surface area contributed by atoms with E-state index in [1.807, 2.05) is 0 Å². The van der Waals surface area contributed by atoms with Gasteiger partial charge in [-0.2, -0.15) is 0 Å². The quantitative estimate of drug-likeness (QED) is 0.551. The normalized spacial score (nSPS) is 11.4. The molecule has 0 aliphatic carbocycles. The fraction of sp³-hybridized carbons (Fsp3) is 0.800. The van der Waals surface area contributed by atoms with Crippen molar-refractivity contribution in [2.45, 2.75) is 13.3 Å². The van der Waals surface area contributed by atoms with Crippen molar-refractivity contribution in [3.63, 3.8) is 0 Å². The molecule has 0 amide bonds. The second kappa shape index (κ2) is 5.07. The first kappa shape index (κ1) is 11.3. The molecule has 0 saturated heterocycles. The lowest BCUT2D eigenvalue weighted by Gasteiger charge is -2.02. The number of carboxylic acid groups (broad SMARTS) is 1. The maximum Gasteiger partial charge on any atom is 0.304 e. The van der Waals surface area contributed by atoms with E-state index in [9.17, 15) is 13.2 Å². The molecule has 12 heavy (non-hydrogen) atoms. The van der Waals surface area contributed by atoms with Crippen molar-refractivity contribution in [3.05, 3.63) is 0 Å². The van der Waals surface area contributed by atoms with Crippen LogP contribution in [0.15, 0.2) is 0 Å². The molecule has 0 rings (SSSR count). The van der Waals surface area contributed by atoms with Crippen molar-refractivity contribution in [1.82, 2.24) is 4.89 Å². The van der Waals surface area contributed by atoms with Crippen molar-refractivity contribution < 1.29 is 23.2 Å². The average Bonchev–Trinajstić information content (AvgIpc) is 1.98. The van der Waals surface area contributed by atoms with Crippen LogP contribution in [0.25, 0.3) is 0 Å². The van der Waals surface area contributed by atoms with Gasteiger partial charge >= 0.3 is 5.97 Å². The van der Waals surface area contributed by atoms with Crippen LogP contribution in [0, 0.1) is 0 Å². The van der Waals surface area contributed by atoms with Gasteiger partial charge in [-0.05, 0) is 6.92 Å². The summed E-state index contributed by atoms with van der Waals surface area (Å²) in [6, 6.07) is 0. The third kappa shape index (κ3) is 6.08. The summed E-state index contributed by atoms with van der Waals surface area (Å²) in [7, 11) is -3.59. The molecular formula is C5H11NO5S. The second-order valence-electron chi connectivity index (χ2n) is 1.98. The molecule has 6 nitrogen and oxygen atoms in total. The molecule has 0 atom stereocenters. The van der Waals surface area contributed by atoms with Gasteiger partial charge in [-0.3, -0.25) is 9.63 Å². The van der Waals surface area contributed by atoms with E-state index in [0.717, 1.165) is 0 Å². The number of hydrogen-bond acceptors (Lipinski definition) is 4. The van der Waals surface area contributed by atoms with E-state index < -0.39 is 28.2 Å². The molecule has 0 unspecified atom stereocenters. The van der Waals surface area contributed by atoms with E-state index in [4.69, 9.17) is 5.11 Å². The zero-order chi connectivity index (χ0) is 9.61. The number of aliphatic carboxylic acids is 1. The molecule has 0 heterocycles. The molecule has 0 aromatic carbocycles. The van der Waals surface area contributed by atoms with Crippen LogP contribution in [-0.4, -0.2) is 31.9 Å². The molecular weight excluding hydrogens is 186 g/mol. The smallest absolute Gasteiger partial charge is 0.304 e. The molecule has 0 radical (unpaired) electrons. The largest absolute Gasteiger partial charge is 0.481 e. The Morgan fingerprint density at radius 1 is 1.58 bits per heavy atom. The van der Waals surface area contributed by atoms with Gasteiger partial charge in [-0.25, -0.2) is 8.42 Å². The lowest BCUT2D eigenvalue weighted by molar-refractivity contribution is -0.136. The van der Waals surface area contributed by atoms with Gasteiger partial charge in [0, 0.05) is 0 Å². The molecule has 0 saturated carbocycles. The van der Waals surface area contributed by atoms with Crippen LogP contribution in [0.2, 0.25) is 0 Å². The van der Waals surface area contributed by atoms with E-state index in [-0.39, 0.29) is 6.61 Å². The topological polar surface area (TPSA) is 92.7 Å². The van der Waals surface area contributed by atoms with Gasteiger partial charge in [0.15, 0.2) is 0 Å². The van der Waals surface area contributed by atoms with E-state index >= 15 is 0 Å². The summed E-state index contributed by atoms with van der Waals surface area (Å²) in [5.74, 6) is -1.63. The van der Waals surface area contributed by atoms with Crippen LogP contribution in [0.4, 0.5) is 0 Å². The third-order valence-corrected chi connectivity index (χ3v) is 2.03. The van der Waals surface area contributed by atoms with Gasteiger partial charge in [0.25, 0.3) is 0 Å². The summed E-state index contributed by atoms with van der Waals surface area (Å²) in [6.45, 7) is 1.81. The van der Waals surface area contributed by atoms with Crippen LogP contribution < -0.4 is 4.89 Å². The molecule has 0 aliphatic rings. The fourth-order valence-corrected chi connectivity index (χ4v) is 1.24. The number of carboxylic acids is 1. The monoisotopic (exact) mass is 197 g/mol. The minimum absolute atomic E-state index is 0.201. The van der Waals surface area contributed by atoms with E-state index in [1.165, 1.54) is 0 Å². The Bertz CT molecular complexity index is 234. The fourth-order valence-electron chi connectivity index (χ4n) is 0.412. The summed E-state index contributed by atoms with van der Waals surface area (Å²) < 4.78 is 21.6. The summed E-state index contributed by atoms with van der Waals surface area (Å²) >= 11 is 0. The highest BCUT2D eigenvalue weighted by atomic mass is 32.2. The van der Waals surface area contributed by atoms with Gasteiger partial charge < -0.3 is 5.11 Å². The van der Waals surface area contributed by atoms with Crippen LogP contribution >= 0.6 is 0 Å². The van der Waals surface area contributed by atoms with Crippen LogP contribution in [0.1, 0.15) is 13.3 Å². The molecule has 0 aliphatic heterocycles. The first-order valence-corrected chi connectivity index (χ1v) is 4.96. The van der Waals surface area contributed by atoms with Crippen LogP contribution in [0.3, 0.4) is 0 Å². The van der Waals surface area contributed by atoms with Crippen molar-refractivity contribution in [1.29, 1.82) is 0 Å². The first-order valence-electron chi connectivity index (χ1n) is 3.31. The Morgan fingerprint density at radius 2 is 2.17 bits per heavy atom. The van der Waals surface area contributed by atoms with E-state index in [0.29, 0.717) is 0 Å². The van der Waals surface area contributed by atoms with Crippen molar-refractivity contribution in [3.8, 4) is 0 Å². The van der Waals surface area contributed by atoms with Gasteiger partial charge in [0.2, 0.25) is 10.0 Å². The predicted molar refractivity (Wildman–Crippen MR) is 40.8 cm³/mol. The Morgan fingerprint density at radius 3 is 2.58 bits per heavy atom. The zero-order valence-corrected chi connectivity index (χ0v) is 7.43. The van der Waals surface area contributed by atoms with Gasteiger partial charge in [-0.15, -0.1) is 0 Å². The predicted octanol–water partition coefficient (Wildman–Crippen LogP) is -0.668. The summed E-state index contributed by atoms with van der Waals surface area (Å²) in [6.07, 6.45) is -0.428. The number of nitrogens with one attached hydrogen (secondary N) is 1. The Labute approximate surface area is 70.5 Å². The standard InChI is InChI=1S/C5H11NO5S/c1-2-11-6-12(9,10)4-3-5(7)8/h6H,2-4H2,1H3,(H,7,8). The molecule has 72 valence electrons. The van der Waals surface area contributed by atoms with Gasteiger partial charge in [0.05, 0.1) is 18.8 Å². The molecule has 0 aromatic rings. The number of rotatable bonds is 6. The van der Waals surface area contributed by atoms with E-state index in [1.54, 1.807) is 11.8 Å². The minimum Gasteiger partial charge on any atom is -0.481 e. The summed E-state index contributed by atoms with van der Waals surface area (Å²) in [5.41, 5.74) is 0. The van der Waals surface area contributed by atoms with Gasteiger partial charge in [-0.1, -0.05) is 4.89 Å². The molecule has 2 N–H and O–H groups in total. The second-order valence-corrected chi connectivity index (χ2v) is 3.78. The highest BCUT2D eigenvalue weighted by Crippen LogP contribution is 1.89. The highest BCUT2D eigenvalue weighted by Gasteiger charge is 2.11. The third-order valence-electron chi connectivity index (χ3n) is 0.915. The zero-order valence-electron chi connectivity index (χ0n) is 6.61. The van der Waals surface area contributed by atoms with Gasteiger partial charge in [0.1, 0.15) is 0 Å². The molecule has 0 spiro atoms. The lowest BCUT2D eigenvalue weighted by Crippen LogP contribution is -2.27. The Hall–Kier alpha value is -0.660. The van der Waals surface area contributed by atoms with Crippen molar-refractivity contribution >= 4 is 16.0 Å². The maximum atomic E-state index is 10.8. The van der Waals surface area contributed by atoms with Crippen LogP contribution in [-0.2, 0) is 19.7 Å². The molecule has 0 bridgehead atoms. The SMILES string of the molecule is CCONS(=O)(=O)CCC(=O)O. The minimum atomic E-state index is -3.59. The summed E-state index contributed by atoms with van der Waals surface area (Å²) in [4.78, 5) is 16.2. The Balaban J connectivity index is 3.80. The Kier molecular flexibility index (Phi) is 4.79. The van der Waals surface area contributed by atoms with Crippen molar-refractivity contribution in [2.75, 3.05) is 12.4 Å². The lowest BCUT2D eigenvalue weighted by atomic mass is 10.5. The highest BCUT2D eigenvalue weighted by molar-refractivity contribution is 7.89. The van der Waals surface area contributed by atoms with Crippen LogP contribution in [0.5, 0.6) is 0 Å². The van der Waals surface area contributed by atoms with E-state index in [2.05, 4.69) is 4.84 Å². The summed E-state index contributed by atoms with van der Waals surface area (Å²) in [5, 5.41) is 8.17. The average molecular weight is 197 g/mol. The molecule has 0 aromatic heterocycles. The maximum absolute atomic E-state index is 10.8. The number of sulfonamides is 1. The molecule has 7 heteroatoms. The first-order chi connectivity index (χ1) is 5.48. The van der Waals surface area contributed by atoms with Crippen molar-refractivity contribution in [2.24, 2.45) is 0 Å². The molecule has 0 fully saturated rings. The number of carbonyl (C=O) groups is 1.